The Balaban J connectivity index is 1.85. The van der Waals surface area contributed by atoms with Crippen molar-refractivity contribution in [2.45, 2.75) is 40.2 Å². The van der Waals surface area contributed by atoms with Crippen molar-refractivity contribution >= 4 is 23.2 Å². The first-order valence-electron chi connectivity index (χ1n) is 8.17. The molecule has 0 bridgehead atoms. The molecule has 1 amide bonds. The van der Waals surface area contributed by atoms with Gasteiger partial charge in [0.2, 0.25) is 0 Å². The molecule has 0 aliphatic heterocycles. The van der Waals surface area contributed by atoms with Crippen LogP contribution in [0.4, 0.5) is 0 Å². The van der Waals surface area contributed by atoms with Crippen LogP contribution in [-0.4, -0.2) is 16.8 Å². The molecular weight excluding hydrogens is 340 g/mol. The van der Waals surface area contributed by atoms with Gasteiger partial charge in [0.25, 0.3) is 5.91 Å². The lowest BCUT2D eigenvalue weighted by atomic mass is 9.75. The number of amides is 1. The number of hydrogen-bond acceptors (Lipinski definition) is 4. The van der Waals surface area contributed by atoms with Crippen LogP contribution in [0, 0.1) is 12.3 Å². The largest absolute Gasteiger partial charge is 0.455 e. The van der Waals surface area contributed by atoms with Crippen LogP contribution in [0.1, 0.15) is 53.3 Å². The number of furan rings is 1. The summed E-state index contributed by atoms with van der Waals surface area (Å²) in [5.41, 5.74) is 2.78. The fraction of sp³-hybridized carbons (Fsp3) is 0.368. The van der Waals surface area contributed by atoms with Gasteiger partial charge in [-0.1, -0.05) is 48.8 Å². The minimum absolute atomic E-state index is 0.0792. The molecule has 2 aromatic rings. The average Bonchev–Trinajstić information content (AvgIpc) is 2.88. The van der Waals surface area contributed by atoms with Gasteiger partial charge in [-0.15, -0.1) is 0 Å². The van der Waals surface area contributed by atoms with Gasteiger partial charge in [-0.2, -0.15) is 0 Å². The Labute approximate surface area is 151 Å². The molecule has 0 fully saturated rings. The molecule has 1 heterocycles. The Morgan fingerprint density at radius 3 is 2.76 bits per heavy atom. The highest BCUT2D eigenvalue weighted by Crippen LogP contribution is 2.38. The smallest absolute Gasteiger partial charge is 0.287 e. The van der Waals surface area contributed by atoms with Crippen molar-refractivity contribution in [3.8, 4) is 0 Å². The summed E-state index contributed by atoms with van der Waals surface area (Å²) in [5, 5.41) is 16.2. The van der Waals surface area contributed by atoms with E-state index >= 15 is 0 Å². The van der Waals surface area contributed by atoms with E-state index < -0.39 is 0 Å². The molecule has 0 unspecified atom stereocenters. The molecule has 1 aromatic carbocycles. The van der Waals surface area contributed by atoms with E-state index in [2.05, 4.69) is 24.3 Å². The number of oxime groups is 1. The maximum atomic E-state index is 12.6. The lowest BCUT2D eigenvalue weighted by Gasteiger charge is -2.28. The van der Waals surface area contributed by atoms with E-state index in [1.54, 1.807) is 6.07 Å². The van der Waals surface area contributed by atoms with Crippen LogP contribution < -0.4 is 5.32 Å². The van der Waals surface area contributed by atoms with E-state index in [4.69, 9.17) is 16.0 Å². The molecule has 1 aliphatic rings. The monoisotopic (exact) mass is 360 g/mol. The van der Waals surface area contributed by atoms with Gasteiger partial charge in [0.15, 0.2) is 5.76 Å². The van der Waals surface area contributed by atoms with Crippen LogP contribution in [0.3, 0.4) is 0 Å². The molecule has 0 saturated heterocycles. The third-order valence-electron chi connectivity index (χ3n) is 4.52. The van der Waals surface area contributed by atoms with Gasteiger partial charge in [-0.3, -0.25) is 4.79 Å². The van der Waals surface area contributed by atoms with E-state index in [1.165, 1.54) is 0 Å². The van der Waals surface area contributed by atoms with Crippen LogP contribution in [0.2, 0.25) is 5.02 Å². The minimum Gasteiger partial charge on any atom is -0.455 e. The molecule has 5 nitrogen and oxygen atoms in total. The quantitative estimate of drug-likeness (QED) is 0.632. The number of nitrogens with zero attached hydrogens (tertiary/aromatic N) is 1. The maximum Gasteiger partial charge on any atom is 0.287 e. The fourth-order valence-electron chi connectivity index (χ4n) is 3.31. The zero-order chi connectivity index (χ0) is 18.2. The number of benzene rings is 1. The van der Waals surface area contributed by atoms with Crippen LogP contribution in [0.15, 0.2) is 33.8 Å². The number of nitrogens with one attached hydrogen (secondary N) is 1. The van der Waals surface area contributed by atoms with Crippen molar-refractivity contribution in [2.24, 2.45) is 10.6 Å². The number of fused-ring (bicyclic) bond motifs is 1. The first-order valence-corrected chi connectivity index (χ1v) is 8.55. The van der Waals surface area contributed by atoms with Gasteiger partial charge >= 0.3 is 0 Å². The van der Waals surface area contributed by atoms with Gasteiger partial charge in [0.1, 0.15) is 5.76 Å². The predicted molar refractivity (Wildman–Crippen MR) is 96.5 cm³/mol. The second kappa shape index (κ2) is 6.56. The number of rotatable bonds is 3. The molecule has 1 aromatic heterocycles. The van der Waals surface area contributed by atoms with Crippen molar-refractivity contribution < 1.29 is 14.4 Å². The van der Waals surface area contributed by atoms with E-state index in [0.717, 1.165) is 11.1 Å². The van der Waals surface area contributed by atoms with Crippen molar-refractivity contribution in [1.82, 2.24) is 5.32 Å². The van der Waals surface area contributed by atoms with E-state index in [9.17, 15) is 10.0 Å². The average molecular weight is 361 g/mol. The molecule has 0 radical (unpaired) electrons. The van der Waals surface area contributed by atoms with Crippen molar-refractivity contribution in [3.63, 3.8) is 0 Å². The molecule has 3 rings (SSSR count). The first-order chi connectivity index (χ1) is 11.8. The number of carbonyl (C=O) groups excluding carboxylic acids is 1. The topological polar surface area (TPSA) is 74.8 Å². The second-order valence-electron chi connectivity index (χ2n) is 7.19. The Kier molecular flexibility index (Phi) is 4.60. The second-order valence-corrected chi connectivity index (χ2v) is 7.60. The zero-order valence-electron chi connectivity index (χ0n) is 14.5. The summed E-state index contributed by atoms with van der Waals surface area (Å²) in [5.74, 6) is 0.655. The van der Waals surface area contributed by atoms with Gasteiger partial charge in [-0.25, -0.2) is 0 Å². The van der Waals surface area contributed by atoms with Crippen LogP contribution in [0.5, 0.6) is 0 Å². The van der Waals surface area contributed by atoms with Crippen molar-refractivity contribution in [1.29, 1.82) is 0 Å². The Hall–Kier alpha value is -2.27. The standard InChI is InChI=1S/C19H21ClN2O3/c1-11-16-14(22-24)8-19(2,3)9-15(16)25-17(11)18(23)21-10-12-6-4-5-7-13(12)20/h4-7,24H,8-10H2,1-3H3,(H,21,23)/b22-14-. The fourth-order valence-corrected chi connectivity index (χ4v) is 3.52. The molecule has 6 heteroatoms. The van der Waals surface area contributed by atoms with Gasteiger partial charge in [-0.05, 0) is 30.4 Å². The van der Waals surface area contributed by atoms with Gasteiger partial charge < -0.3 is 14.9 Å². The van der Waals surface area contributed by atoms with E-state index in [1.807, 2.05) is 25.1 Å². The molecule has 0 spiro atoms. The van der Waals surface area contributed by atoms with Crippen molar-refractivity contribution in [2.75, 3.05) is 0 Å². The highest BCUT2D eigenvalue weighted by molar-refractivity contribution is 6.31. The first kappa shape index (κ1) is 17.5. The molecular formula is C19H21ClN2O3. The van der Waals surface area contributed by atoms with E-state index in [0.29, 0.717) is 41.4 Å². The predicted octanol–water partition coefficient (Wildman–Crippen LogP) is 4.32. The number of hydrogen-bond donors (Lipinski definition) is 2. The highest BCUT2D eigenvalue weighted by atomic mass is 35.5. The SMILES string of the molecule is Cc1c(C(=O)NCc2ccccc2Cl)oc2c1/C(=N\O)CC(C)(C)C2. The molecule has 0 atom stereocenters. The van der Waals surface area contributed by atoms with Crippen molar-refractivity contribution in [3.05, 3.63) is 57.5 Å². The number of halogens is 1. The minimum atomic E-state index is -0.304. The molecule has 1 aliphatic carbocycles. The summed E-state index contributed by atoms with van der Waals surface area (Å²) in [7, 11) is 0. The lowest BCUT2D eigenvalue weighted by Crippen LogP contribution is -2.27. The summed E-state index contributed by atoms with van der Waals surface area (Å²) in [6.07, 6.45) is 1.33. The Morgan fingerprint density at radius 1 is 1.36 bits per heavy atom. The third kappa shape index (κ3) is 3.42. The zero-order valence-corrected chi connectivity index (χ0v) is 15.3. The summed E-state index contributed by atoms with van der Waals surface area (Å²) < 4.78 is 5.85. The molecule has 0 saturated carbocycles. The lowest BCUT2D eigenvalue weighted by molar-refractivity contribution is 0.0919. The highest BCUT2D eigenvalue weighted by Gasteiger charge is 2.36. The Morgan fingerprint density at radius 2 is 2.08 bits per heavy atom. The summed E-state index contributed by atoms with van der Waals surface area (Å²) >= 11 is 6.12. The third-order valence-corrected chi connectivity index (χ3v) is 4.89. The Bertz CT molecular complexity index is 852. The van der Waals surface area contributed by atoms with Crippen LogP contribution in [0.25, 0.3) is 0 Å². The summed E-state index contributed by atoms with van der Waals surface area (Å²) in [6.45, 7) is 6.29. The van der Waals surface area contributed by atoms with Gasteiger partial charge in [0, 0.05) is 29.1 Å². The maximum absolute atomic E-state index is 12.6. The number of carbonyl (C=O) groups is 1. The van der Waals surface area contributed by atoms with Gasteiger partial charge in [0.05, 0.1) is 5.71 Å². The molecule has 132 valence electrons. The van der Waals surface area contributed by atoms with Crippen LogP contribution >= 0.6 is 11.6 Å². The molecule has 2 N–H and O–H groups in total. The summed E-state index contributed by atoms with van der Waals surface area (Å²) in [6, 6.07) is 7.36. The van der Waals surface area contributed by atoms with E-state index in [-0.39, 0.29) is 17.1 Å². The van der Waals surface area contributed by atoms with Crippen LogP contribution in [-0.2, 0) is 13.0 Å². The molecule has 25 heavy (non-hydrogen) atoms. The summed E-state index contributed by atoms with van der Waals surface area (Å²) in [4.78, 5) is 12.6. The normalized spacial score (nSPS) is 17.4.